The van der Waals surface area contributed by atoms with Gasteiger partial charge in [-0.25, -0.2) is 4.79 Å². The van der Waals surface area contributed by atoms with Crippen molar-refractivity contribution in [2.45, 2.75) is 51.2 Å². The summed E-state index contributed by atoms with van der Waals surface area (Å²) in [5.41, 5.74) is 1.38. The highest BCUT2D eigenvalue weighted by atomic mass is 16.5. The molecule has 1 heterocycles. The van der Waals surface area contributed by atoms with E-state index in [0.29, 0.717) is 11.1 Å². The Labute approximate surface area is 173 Å². The first-order valence-corrected chi connectivity index (χ1v) is 10.2. The molecule has 7 heteroatoms. The minimum atomic E-state index is -1.08. The summed E-state index contributed by atoms with van der Waals surface area (Å²) in [6, 6.07) is 11.2. The van der Waals surface area contributed by atoms with Crippen molar-refractivity contribution in [2.75, 3.05) is 0 Å². The number of ether oxygens (including phenoxy) is 1. The summed E-state index contributed by atoms with van der Waals surface area (Å²) < 4.78 is 10.8. The van der Waals surface area contributed by atoms with E-state index in [0.717, 1.165) is 41.8 Å². The predicted octanol–water partition coefficient (Wildman–Crippen LogP) is 3.83. The summed E-state index contributed by atoms with van der Waals surface area (Å²) in [6.45, 7) is 1.44. The van der Waals surface area contributed by atoms with Crippen LogP contribution in [0.15, 0.2) is 47.1 Å². The summed E-state index contributed by atoms with van der Waals surface area (Å²) in [5.74, 6) is -1.22. The number of rotatable bonds is 5. The predicted molar refractivity (Wildman–Crippen MR) is 112 cm³/mol. The molecule has 0 aliphatic heterocycles. The molecule has 1 fully saturated rings. The van der Waals surface area contributed by atoms with Gasteiger partial charge in [-0.2, -0.15) is 0 Å². The highest BCUT2D eigenvalue weighted by Gasteiger charge is 2.23. The van der Waals surface area contributed by atoms with Gasteiger partial charge in [-0.05, 0) is 36.6 Å². The van der Waals surface area contributed by atoms with Crippen molar-refractivity contribution >= 4 is 39.6 Å². The number of imide groups is 1. The van der Waals surface area contributed by atoms with Gasteiger partial charge in [-0.3, -0.25) is 14.9 Å². The highest BCUT2D eigenvalue weighted by Crippen LogP contribution is 2.30. The summed E-state index contributed by atoms with van der Waals surface area (Å²) in [4.78, 5) is 36.5. The molecule has 3 aromatic rings. The minimum absolute atomic E-state index is 0.0348. The summed E-state index contributed by atoms with van der Waals surface area (Å²) >= 11 is 0. The lowest BCUT2D eigenvalue weighted by Crippen LogP contribution is -2.47. The Balaban J connectivity index is 1.37. The van der Waals surface area contributed by atoms with E-state index in [2.05, 4.69) is 10.6 Å². The van der Waals surface area contributed by atoms with Gasteiger partial charge in [0, 0.05) is 17.0 Å². The van der Waals surface area contributed by atoms with Crippen LogP contribution in [0.2, 0.25) is 0 Å². The standard InChI is InChI=1S/C23H24N2O5/c1-14(22(27)25-23(28)24-17-7-3-4-8-17)30-20(26)12-16-13-29-19-11-10-15-6-2-5-9-18(15)21(16)19/h2,5-6,9-11,13-14,17H,3-4,7-8,12H2,1H3,(H2,24,25,27,28)/t14-/m1/s1. The van der Waals surface area contributed by atoms with E-state index in [-0.39, 0.29) is 12.5 Å². The quantitative estimate of drug-likeness (QED) is 0.626. The Bertz CT molecular complexity index is 1100. The number of esters is 1. The molecule has 1 aromatic heterocycles. The van der Waals surface area contributed by atoms with Crippen LogP contribution in [-0.4, -0.2) is 30.1 Å². The molecule has 3 amide bonds. The van der Waals surface area contributed by atoms with E-state index < -0.39 is 24.0 Å². The first-order chi connectivity index (χ1) is 14.5. The van der Waals surface area contributed by atoms with Crippen LogP contribution >= 0.6 is 0 Å². The maximum absolute atomic E-state index is 12.4. The van der Waals surface area contributed by atoms with E-state index in [1.54, 1.807) is 0 Å². The van der Waals surface area contributed by atoms with Crippen LogP contribution in [0.25, 0.3) is 21.7 Å². The molecule has 0 radical (unpaired) electrons. The molecular weight excluding hydrogens is 384 g/mol. The first-order valence-electron chi connectivity index (χ1n) is 10.2. The van der Waals surface area contributed by atoms with E-state index >= 15 is 0 Å². The van der Waals surface area contributed by atoms with E-state index in [4.69, 9.17) is 9.15 Å². The van der Waals surface area contributed by atoms with Crippen LogP contribution in [0.3, 0.4) is 0 Å². The van der Waals surface area contributed by atoms with Crippen molar-refractivity contribution in [1.82, 2.24) is 10.6 Å². The molecule has 2 N–H and O–H groups in total. The smallest absolute Gasteiger partial charge is 0.321 e. The van der Waals surface area contributed by atoms with Gasteiger partial charge >= 0.3 is 12.0 Å². The highest BCUT2D eigenvalue weighted by molar-refractivity contribution is 6.08. The fourth-order valence-corrected chi connectivity index (χ4v) is 3.96. The maximum atomic E-state index is 12.4. The van der Waals surface area contributed by atoms with Gasteiger partial charge < -0.3 is 14.5 Å². The van der Waals surface area contributed by atoms with Crippen molar-refractivity contribution in [1.29, 1.82) is 0 Å². The first kappa shape index (κ1) is 19.9. The van der Waals surface area contributed by atoms with E-state index in [9.17, 15) is 14.4 Å². The average molecular weight is 408 g/mol. The van der Waals surface area contributed by atoms with Crippen LogP contribution in [0.4, 0.5) is 4.79 Å². The Morgan fingerprint density at radius 1 is 1.13 bits per heavy atom. The number of amides is 3. The zero-order valence-electron chi connectivity index (χ0n) is 16.8. The second-order valence-electron chi connectivity index (χ2n) is 7.67. The molecule has 30 heavy (non-hydrogen) atoms. The number of nitrogens with one attached hydrogen (secondary N) is 2. The topological polar surface area (TPSA) is 97.6 Å². The molecule has 0 unspecified atom stereocenters. The molecule has 7 nitrogen and oxygen atoms in total. The van der Waals surface area contributed by atoms with Crippen LogP contribution in [0, 0.1) is 0 Å². The number of urea groups is 1. The van der Waals surface area contributed by atoms with E-state index in [1.807, 2.05) is 36.4 Å². The molecular formula is C23H24N2O5. The number of furan rings is 1. The Hall–Kier alpha value is -3.35. The third-order valence-electron chi connectivity index (χ3n) is 5.48. The zero-order chi connectivity index (χ0) is 21.1. The van der Waals surface area contributed by atoms with Crippen molar-refractivity contribution in [3.63, 3.8) is 0 Å². The van der Waals surface area contributed by atoms with Gasteiger partial charge in [0.2, 0.25) is 0 Å². The van der Waals surface area contributed by atoms with Gasteiger partial charge in [-0.15, -0.1) is 0 Å². The lowest BCUT2D eigenvalue weighted by molar-refractivity contribution is -0.153. The lowest BCUT2D eigenvalue weighted by Gasteiger charge is -2.15. The number of benzene rings is 2. The summed E-state index contributed by atoms with van der Waals surface area (Å²) in [6.07, 6.45) is 4.40. The fourth-order valence-electron chi connectivity index (χ4n) is 3.96. The molecule has 2 aromatic carbocycles. The van der Waals surface area contributed by atoms with Gasteiger partial charge in [0.25, 0.3) is 5.91 Å². The number of carbonyl (C=O) groups excluding carboxylic acids is 3. The average Bonchev–Trinajstić information content (AvgIpc) is 3.37. The summed E-state index contributed by atoms with van der Waals surface area (Å²) in [5, 5.41) is 7.90. The number of hydrogen-bond donors (Lipinski definition) is 2. The van der Waals surface area contributed by atoms with Crippen LogP contribution in [0.1, 0.15) is 38.2 Å². The number of fused-ring (bicyclic) bond motifs is 3. The molecule has 1 atom stereocenters. The van der Waals surface area contributed by atoms with Crippen LogP contribution < -0.4 is 10.6 Å². The SMILES string of the molecule is C[C@@H](OC(=O)Cc1coc2ccc3ccccc3c12)C(=O)NC(=O)NC1CCCC1. The van der Waals surface area contributed by atoms with Gasteiger partial charge in [0.1, 0.15) is 5.58 Å². The normalized spacial score (nSPS) is 15.2. The third kappa shape index (κ3) is 4.30. The second-order valence-corrected chi connectivity index (χ2v) is 7.67. The molecule has 1 aliphatic rings. The maximum Gasteiger partial charge on any atom is 0.321 e. The lowest BCUT2D eigenvalue weighted by atomic mass is 10.0. The molecule has 1 aliphatic carbocycles. The van der Waals surface area contributed by atoms with Crippen LogP contribution in [0.5, 0.6) is 0 Å². The van der Waals surface area contributed by atoms with Crippen molar-refractivity contribution < 1.29 is 23.5 Å². The second kappa shape index (κ2) is 8.57. The molecule has 0 bridgehead atoms. The van der Waals surface area contributed by atoms with E-state index in [1.165, 1.54) is 13.2 Å². The third-order valence-corrected chi connectivity index (χ3v) is 5.48. The molecule has 0 saturated heterocycles. The molecule has 4 rings (SSSR count). The Morgan fingerprint density at radius 2 is 1.90 bits per heavy atom. The number of hydrogen-bond acceptors (Lipinski definition) is 5. The largest absolute Gasteiger partial charge is 0.464 e. The molecule has 0 spiro atoms. The Kier molecular flexibility index (Phi) is 5.70. The Morgan fingerprint density at radius 3 is 2.70 bits per heavy atom. The van der Waals surface area contributed by atoms with Crippen molar-refractivity contribution in [3.05, 3.63) is 48.2 Å². The fraction of sp³-hybridized carbons (Fsp3) is 0.348. The number of carbonyl (C=O) groups is 3. The monoisotopic (exact) mass is 408 g/mol. The van der Waals surface area contributed by atoms with Crippen molar-refractivity contribution in [2.24, 2.45) is 0 Å². The van der Waals surface area contributed by atoms with Crippen LogP contribution in [-0.2, 0) is 20.7 Å². The van der Waals surface area contributed by atoms with Gasteiger partial charge in [0.05, 0.1) is 12.7 Å². The van der Waals surface area contributed by atoms with Gasteiger partial charge in [0.15, 0.2) is 6.10 Å². The summed E-state index contributed by atoms with van der Waals surface area (Å²) in [7, 11) is 0. The van der Waals surface area contributed by atoms with Crippen molar-refractivity contribution in [3.8, 4) is 0 Å². The minimum Gasteiger partial charge on any atom is -0.464 e. The molecule has 1 saturated carbocycles. The van der Waals surface area contributed by atoms with Gasteiger partial charge in [-0.1, -0.05) is 43.2 Å². The zero-order valence-corrected chi connectivity index (χ0v) is 16.8. The molecule has 156 valence electrons.